The van der Waals surface area contributed by atoms with Crippen LogP contribution in [-0.2, 0) is 4.79 Å². The van der Waals surface area contributed by atoms with E-state index in [1.54, 1.807) is 0 Å². The summed E-state index contributed by atoms with van der Waals surface area (Å²) in [6.07, 6.45) is 4.72. The zero-order valence-electron chi connectivity index (χ0n) is 18.6. The van der Waals surface area contributed by atoms with Gasteiger partial charge in [-0.2, -0.15) is 0 Å². The Hall–Kier alpha value is -1.73. The smallest absolute Gasteiger partial charge is 0.250 e. The van der Waals surface area contributed by atoms with Crippen molar-refractivity contribution in [3.05, 3.63) is 24.3 Å². The van der Waals surface area contributed by atoms with E-state index < -0.39 is 5.92 Å². The largest absolute Gasteiger partial charge is 0.494 e. The second-order valence-electron chi connectivity index (χ2n) is 9.34. The minimum Gasteiger partial charge on any atom is -0.494 e. The molecule has 1 amide bonds. The summed E-state index contributed by atoms with van der Waals surface area (Å²) in [7, 11) is 0. The molecule has 0 radical (unpaired) electrons. The molecule has 3 aliphatic rings. The van der Waals surface area contributed by atoms with Gasteiger partial charge in [-0.3, -0.25) is 4.79 Å². The number of rotatable bonds is 8. The monoisotopic (exact) mass is 435 g/mol. The molecule has 1 aromatic rings. The summed E-state index contributed by atoms with van der Waals surface area (Å²) in [6, 6.07) is 8.48. The van der Waals surface area contributed by atoms with Gasteiger partial charge in [0.1, 0.15) is 5.75 Å². The third-order valence-corrected chi connectivity index (χ3v) is 7.05. The van der Waals surface area contributed by atoms with Crippen LogP contribution >= 0.6 is 0 Å². The third kappa shape index (κ3) is 5.75. The highest BCUT2D eigenvalue weighted by Gasteiger charge is 2.37. The number of ether oxygens (including phenoxy) is 1. The molecule has 0 aliphatic carbocycles. The van der Waals surface area contributed by atoms with Crippen LogP contribution in [0, 0.1) is 0 Å². The average molecular weight is 436 g/mol. The number of hydrogen-bond acceptors (Lipinski definition) is 4. The Bertz CT molecular complexity index is 733. The van der Waals surface area contributed by atoms with E-state index in [0.29, 0.717) is 38.7 Å². The van der Waals surface area contributed by atoms with Crippen molar-refractivity contribution >= 4 is 11.6 Å². The number of nitrogens with zero attached hydrogens (tertiary/aromatic N) is 3. The van der Waals surface area contributed by atoms with E-state index >= 15 is 0 Å². The normalized spacial score (nSPS) is 27.2. The van der Waals surface area contributed by atoms with Gasteiger partial charge in [0, 0.05) is 57.2 Å². The van der Waals surface area contributed by atoms with Gasteiger partial charge in [0.05, 0.1) is 12.6 Å². The number of benzene rings is 1. The number of piperidine rings is 1. The van der Waals surface area contributed by atoms with E-state index in [1.807, 2.05) is 29.2 Å². The second-order valence-corrected chi connectivity index (χ2v) is 9.34. The molecule has 0 saturated carbocycles. The molecule has 172 valence electrons. The molecular weight excluding hydrogens is 400 g/mol. The molecule has 3 heterocycles. The Balaban J connectivity index is 1.27. The van der Waals surface area contributed by atoms with E-state index in [4.69, 9.17) is 4.74 Å². The Morgan fingerprint density at radius 3 is 2.52 bits per heavy atom. The first-order valence-corrected chi connectivity index (χ1v) is 11.8. The van der Waals surface area contributed by atoms with E-state index in [1.165, 1.54) is 19.4 Å². The van der Waals surface area contributed by atoms with Crippen molar-refractivity contribution in [2.75, 3.05) is 44.2 Å². The zero-order chi connectivity index (χ0) is 21.8. The van der Waals surface area contributed by atoms with Gasteiger partial charge < -0.3 is 19.4 Å². The average Bonchev–Trinajstić information content (AvgIpc) is 3.32. The number of alkyl halides is 2. The van der Waals surface area contributed by atoms with Crippen molar-refractivity contribution in [2.45, 2.75) is 69.9 Å². The Morgan fingerprint density at radius 1 is 1.10 bits per heavy atom. The lowest BCUT2D eigenvalue weighted by Crippen LogP contribution is -2.46. The summed E-state index contributed by atoms with van der Waals surface area (Å²) in [5, 5.41) is 0. The molecule has 4 rings (SSSR count). The minimum atomic E-state index is -2.54. The molecule has 3 saturated heterocycles. The zero-order valence-corrected chi connectivity index (χ0v) is 18.6. The number of carbonyl (C=O) groups is 1. The van der Waals surface area contributed by atoms with E-state index in [-0.39, 0.29) is 24.8 Å². The second kappa shape index (κ2) is 9.82. The number of anilines is 1. The van der Waals surface area contributed by atoms with E-state index in [2.05, 4.69) is 16.7 Å². The van der Waals surface area contributed by atoms with Crippen molar-refractivity contribution in [1.29, 1.82) is 0 Å². The predicted octanol–water partition coefficient (Wildman–Crippen LogP) is 4.17. The molecule has 1 aromatic carbocycles. The van der Waals surface area contributed by atoms with E-state index in [9.17, 15) is 13.6 Å². The first-order valence-electron chi connectivity index (χ1n) is 11.8. The SMILES string of the molecule is CC1CCCN1CCCOc1ccc(N2C(=O)CCC2CN2CCC(F)(F)CC2)cc1. The maximum absolute atomic E-state index is 13.4. The molecule has 3 aliphatic heterocycles. The first-order chi connectivity index (χ1) is 14.9. The van der Waals surface area contributed by atoms with Crippen LogP contribution in [0.2, 0.25) is 0 Å². The van der Waals surface area contributed by atoms with Gasteiger partial charge in [0.15, 0.2) is 0 Å². The number of halogens is 2. The van der Waals surface area contributed by atoms with Crippen LogP contribution in [-0.4, -0.2) is 73.0 Å². The van der Waals surface area contributed by atoms with Crippen LogP contribution in [0.3, 0.4) is 0 Å². The third-order valence-electron chi connectivity index (χ3n) is 7.05. The van der Waals surface area contributed by atoms with Gasteiger partial charge in [-0.1, -0.05) is 0 Å². The maximum atomic E-state index is 13.4. The summed E-state index contributed by atoms with van der Waals surface area (Å²) in [6.45, 7) is 6.71. The van der Waals surface area contributed by atoms with Gasteiger partial charge in [-0.15, -0.1) is 0 Å². The Labute approximate surface area is 184 Å². The summed E-state index contributed by atoms with van der Waals surface area (Å²) in [4.78, 5) is 19.0. The van der Waals surface area contributed by atoms with Crippen LogP contribution in [0.5, 0.6) is 5.75 Å². The topological polar surface area (TPSA) is 36.0 Å². The van der Waals surface area contributed by atoms with Crippen LogP contribution in [0.4, 0.5) is 14.5 Å². The molecule has 2 atom stereocenters. The van der Waals surface area contributed by atoms with Gasteiger partial charge in [-0.05, 0) is 63.4 Å². The lowest BCUT2D eigenvalue weighted by molar-refractivity contribution is -0.117. The van der Waals surface area contributed by atoms with Gasteiger partial charge in [0.25, 0.3) is 5.92 Å². The van der Waals surface area contributed by atoms with Gasteiger partial charge in [0.2, 0.25) is 5.91 Å². The fraction of sp³-hybridized carbons (Fsp3) is 0.708. The number of likely N-dealkylation sites (tertiary alicyclic amines) is 2. The summed E-state index contributed by atoms with van der Waals surface area (Å²) >= 11 is 0. The van der Waals surface area contributed by atoms with Crippen LogP contribution < -0.4 is 9.64 Å². The number of amides is 1. The molecule has 2 unspecified atom stereocenters. The Kier molecular flexibility index (Phi) is 7.12. The van der Waals surface area contributed by atoms with Crippen LogP contribution in [0.25, 0.3) is 0 Å². The van der Waals surface area contributed by atoms with Crippen molar-refractivity contribution in [2.24, 2.45) is 0 Å². The quantitative estimate of drug-likeness (QED) is 0.575. The molecule has 3 fully saturated rings. The highest BCUT2D eigenvalue weighted by Crippen LogP contribution is 2.32. The number of hydrogen-bond donors (Lipinski definition) is 0. The number of carbonyl (C=O) groups excluding carboxylic acids is 1. The Morgan fingerprint density at radius 2 is 1.84 bits per heavy atom. The van der Waals surface area contributed by atoms with E-state index in [0.717, 1.165) is 30.8 Å². The minimum absolute atomic E-state index is 0.0495. The molecule has 0 aromatic heterocycles. The van der Waals surface area contributed by atoms with Crippen molar-refractivity contribution in [3.63, 3.8) is 0 Å². The molecule has 0 N–H and O–H groups in total. The van der Waals surface area contributed by atoms with Gasteiger partial charge >= 0.3 is 0 Å². The summed E-state index contributed by atoms with van der Waals surface area (Å²) < 4.78 is 32.8. The lowest BCUT2D eigenvalue weighted by atomic mass is 10.1. The highest BCUT2D eigenvalue weighted by molar-refractivity contribution is 5.96. The molecule has 7 heteroatoms. The molecular formula is C24H35F2N3O2. The summed E-state index contributed by atoms with van der Waals surface area (Å²) in [5.74, 6) is -1.61. The fourth-order valence-corrected chi connectivity index (χ4v) is 5.12. The fourth-order valence-electron chi connectivity index (χ4n) is 5.12. The standard InChI is InChI=1S/C24H35F2N3O2/c1-19-4-2-13-28(19)14-3-17-31-22-8-5-20(6-9-22)29-21(7-10-23(29)30)18-27-15-11-24(25,26)12-16-27/h5-6,8-9,19,21H,2-4,7,10-18H2,1H3. The lowest BCUT2D eigenvalue weighted by Gasteiger charge is -2.35. The molecule has 31 heavy (non-hydrogen) atoms. The van der Waals surface area contributed by atoms with Crippen molar-refractivity contribution in [1.82, 2.24) is 9.80 Å². The molecule has 5 nitrogen and oxygen atoms in total. The molecule has 0 spiro atoms. The van der Waals surface area contributed by atoms with Crippen LogP contribution in [0.1, 0.15) is 51.9 Å². The maximum Gasteiger partial charge on any atom is 0.250 e. The summed E-state index contributed by atoms with van der Waals surface area (Å²) in [5.41, 5.74) is 0.869. The van der Waals surface area contributed by atoms with Crippen molar-refractivity contribution < 1.29 is 18.3 Å². The van der Waals surface area contributed by atoms with Crippen molar-refractivity contribution in [3.8, 4) is 5.75 Å². The highest BCUT2D eigenvalue weighted by atomic mass is 19.3. The van der Waals surface area contributed by atoms with Gasteiger partial charge in [-0.25, -0.2) is 8.78 Å². The predicted molar refractivity (Wildman–Crippen MR) is 118 cm³/mol. The van der Waals surface area contributed by atoms with Crippen LogP contribution in [0.15, 0.2) is 24.3 Å². The first kappa shape index (κ1) is 22.5. The molecule has 0 bridgehead atoms.